The number of hydrogen-bond acceptors (Lipinski definition) is 1. The van der Waals surface area contributed by atoms with Crippen molar-refractivity contribution >= 4 is 34.2 Å². The Morgan fingerprint density at radius 1 is 1.58 bits per heavy atom. The lowest BCUT2D eigenvalue weighted by Gasteiger charge is -2.03. The van der Waals surface area contributed by atoms with Crippen LogP contribution in [-0.4, -0.2) is 4.98 Å². The van der Waals surface area contributed by atoms with E-state index in [1.807, 2.05) is 4.98 Å². The van der Waals surface area contributed by atoms with Gasteiger partial charge < -0.3 is 4.98 Å². The highest BCUT2D eigenvalue weighted by Crippen LogP contribution is 2.25. The zero-order valence-corrected chi connectivity index (χ0v) is 8.49. The first-order chi connectivity index (χ1) is 5.52. The lowest BCUT2D eigenvalue weighted by molar-refractivity contribution is 0.144. The molecule has 1 aromatic rings. The molecule has 0 unspecified atom stereocenters. The Bertz CT molecular complexity index is 352. The van der Waals surface area contributed by atoms with E-state index < -0.39 is 17.7 Å². The second kappa shape index (κ2) is 3.69. The average molecular weight is 305 g/mol. The molecule has 1 rings (SSSR count). The summed E-state index contributed by atoms with van der Waals surface area (Å²) in [7, 11) is 0. The predicted molar refractivity (Wildman–Crippen MR) is 49.7 cm³/mol. The molecular weight excluding hydrogens is 302 g/mol. The fraction of sp³-hybridized carbons (Fsp3) is 0.167. The highest BCUT2D eigenvalue weighted by molar-refractivity contribution is 14.1. The molecule has 6 heteroatoms. The normalized spacial score (nSPS) is 10.8. The molecule has 0 amide bonds. The van der Waals surface area contributed by atoms with Crippen LogP contribution in [0.15, 0.2) is 10.9 Å². The second-order valence-electron chi connectivity index (χ2n) is 2.01. The van der Waals surface area contributed by atoms with Crippen LogP contribution >= 0.6 is 34.2 Å². The molecule has 0 fully saturated rings. The summed E-state index contributed by atoms with van der Waals surface area (Å²) in [5.41, 5.74) is -1.04. The van der Waals surface area contributed by atoms with Gasteiger partial charge in [0.05, 0.1) is 14.3 Å². The van der Waals surface area contributed by atoms with Gasteiger partial charge in [-0.1, -0.05) is 11.6 Å². The van der Waals surface area contributed by atoms with Crippen molar-refractivity contribution in [1.82, 2.24) is 4.98 Å². The third-order valence-electron chi connectivity index (χ3n) is 1.18. The van der Waals surface area contributed by atoms with Gasteiger partial charge in [-0.25, -0.2) is 8.78 Å². The van der Waals surface area contributed by atoms with Crippen molar-refractivity contribution < 1.29 is 8.78 Å². The van der Waals surface area contributed by atoms with Crippen molar-refractivity contribution in [2.24, 2.45) is 0 Å². The Morgan fingerprint density at radius 2 is 2.17 bits per heavy atom. The molecule has 1 heterocycles. The minimum Gasteiger partial charge on any atom is -0.320 e. The molecule has 0 aliphatic carbocycles. The van der Waals surface area contributed by atoms with E-state index in [1.54, 1.807) is 22.6 Å². The second-order valence-corrected chi connectivity index (χ2v) is 3.50. The zero-order valence-electron chi connectivity index (χ0n) is 5.57. The molecule has 0 atom stereocenters. The van der Waals surface area contributed by atoms with Gasteiger partial charge in [-0.05, 0) is 22.6 Å². The van der Waals surface area contributed by atoms with Gasteiger partial charge in [0.2, 0.25) is 5.56 Å². The number of aromatic amines is 1. The molecule has 0 aromatic carbocycles. The first-order valence-corrected chi connectivity index (χ1v) is 4.34. The Labute approximate surface area is 85.1 Å². The van der Waals surface area contributed by atoms with Crippen molar-refractivity contribution in [3.63, 3.8) is 0 Å². The zero-order chi connectivity index (χ0) is 9.30. The van der Waals surface area contributed by atoms with Crippen LogP contribution in [0.25, 0.3) is 0 Å². The van der Waals surface area contributed by atoms with Crippen molar-refractivity contribution in [3.8, 4) is 0 Å². The smallest absolute Gasteiger partial charge is 0.279 e. The maximum Gasteiger partial charge on any atom is 0.279 e. The standard InChI is InChI=1S/C6H3ClF2INO/c7-2-1-3(12)11-5(4(2)10)6(8)9/h1,6H,(H,11,12). The van der Waals surface area contributed by atoms with Crippen LogP contribution in [0.4, 0.5) is 8.78 Å². The van der Waals surface area contributed by atoms with E-state index in [0.29, 0.717) is 0 Å². The Morgan fingerprint density at radius 3 is 2.67 bits per heavy atom. The summed E-state index contributed by atoms with van der Waals surface area (Å²) in [5.74, 6) is 0. The molecule has 0 aliphatic heterocycles. The van der Waals surface area contributed by atoms with Gasteiger partial charge in [-0.15, -0.1) is 0 Å². The number of alkyl halides is 2. The van der Waals surface area contributed by atoms with Crippen LogP contribution in [0.3, 0.4) is 0 Å². The highest BCUT2D eigenvalue weighted by Gasteiger charge is 2.14. The minimum absolute atomic E-state index is 0.0506. The monoisotopic (exact) mass is 305 g/mol. The van der Waals surface area contributed by atoms with Crippen LogP contribution in [0.5, 0.6) is 0 Å². The van der Waals surface area contributed by atoms with Crippen LogP contribution in [-0.2, 0) is 0 Å². The predicted octanol–water partition coefficient (Wildman–Crippen LogP) is 2.57. The minimum atomic E-state index is -2.71. The average Bonchev–Trinajstić information content (AvgIpc) is 1.96. The SMILES string of the molecule is O=c1cc(Cl)c(I)c(C(F)F)[nH]1. The number of nitrogens with one attached hydrogen (secondary N) is 1. The number of rotatable bonds is 1. The fourth-order valence-corrected chi connectivity index (χ4v) is 1.41. The number of hydrogen-bond donors (Lipinski definition) is 1. The molecular formula is C6H3ClF2INO. The van der Waals surface area contributed by atoms with E-state index in [4.69, 9.17) is 11.6 Å². The van der Waals surface area contributed by atoms with E-state index in [2.05, 4.69) is 0 Å². The first-order valence-electron chi connectivity index (χ1n) is 2.88. The summed E-state index contributed by atoms with van der Waals surface area (Å²) >= 11 is 7.16. The number of pyridine rings is 1. The van der Waals surface area contributed by atoms with Gasteiger partial charge >= 0.3 is 0 Å². The van der Waals surface area contributed by atoms with Crippen molar-refractivity contribution in [3.05, 3.63) is 30.7 Å². The van der Waals surface area contributed by atoms with E-state index in [9.17, 15) is 13.6 Å². The van der Waals surface area contributed by atoms with Gasteiger partial charge in [0, 0.05) is 6.07 Å². The molecule has 1 N–H and O–H groups in total. The van der Waals surface area contributed by atoms with Crippen molar-refractivity contribution in [1.29, 1.82) is 0 Å². The Balaban J connectivity index is 3.38. The van der Waals surface area contributed by atoms with Gasteiger partial charge in [0.25, 0.3) is 6.43 Å². The largest absolute Gasteiger partial charge is 0.320 e. The van der Waals surface area contributed by atoms with Crippen LogP contribution in [0, 0.1) is 3.57 Å². The van der Waals surface area contributed by atoms with Gasteiger partial charge in [0.1, 0.15) is 0 Å². The summed E-state index contributed by atoms with van der Waals surface area (Å²) in [5, 5.41) is 0.0506. The van der Waals surface area contributed by atoms with Gasteiger partial charge in [-0.2, -0.15) is 0 Å². The Hall–Kier alpha value is -0.170. The summed E-state index contributed by atoms with van der Waals surface area (Å²) in [6.45, 7) is 0. The molecule has 0 saturated carbocycles. The third kappa shape index (κ3) is 1.95. The molecule has 2 nitrogen and oxygen atoms in total. The van der Waals surface area contributed by atoms with E-state index in [1.165, 1.54) is 0 Å². The summed E-state index contributed by atoms with van der Waals surface area (Å²) in [6, 6.07) is 1.06. The van der Waals surface area contributed by atoms with E-state index >= 15 is 0 Å². The lowest BCUT2D eigenvalue weighted by atomic mass is 10.3. The lowest BCUT2D eigenvalue weighted by Crippen LogP contribution is -2.10. The van der Waals surface area contributed by atoms with Gasteiger partial charge in [-0.3, -0.25) is 4.79 Å². The van der Waals surface area contributed by atoms with Gasteiger partial charge in [0.15, 0.2) is 0 Å². The molecule has 0 spiro atoms. The molecule has 0 aliphatic rings. The van der Waals surface area contributed by atoms with Crippen LogP contribution < -0.4 is 5.56 Å². The van der Waals surface area contributed by atoms with E-state index in [-0.39, 0.29) is 8.59 Å². The van der Waals surface area contributed by atoms with Crippen LogP contribution in [0.1, 0.15) is 12.1 Å². The summed E-state index contributed by atoms with van der Waals surface area (Å²) in [4.78, 5) is 12.7. The fourth-order valence-electron chi connectivity index (χ4n) is 0.681. The number of halogens is 4. The maximum absolute atomic E-state index is 12.2. The summed E-state index contributed by atoms with van der Waals surface area (Å²) < 4.78 is 24.5. The number of H-pyrrole nitrogens is 1. The Kier molecular flexibility index (Phi) is 3.05. The summed E-state index contributed by atoms with van der Waals surface area (Å²) in [6.07, 6.45) is -2.71. The molecule has 0 bridgehead atoms. The van der Waals surface area contributed by atoms with Crippen LogP contribution in [0.2, 0.25) is 5.02 Å². The highest BCUT2D eigenvalue weighted by atomic mass is 127. The van der Waals surface area contributed by atoms with E-state index in [0.717, 1.165) is 6.07 Å². The molecule has 12 heavy (non-hydrogen) atoms. The maximum atomic E-state index is 12.2. The topological polar surface area (TPSA) is 32.9 Å². The number of aromatic nitrogens is 1. The third-order valence-corrected chi connectivity index (χ3v) is 2.96. The quantitative estimate of drug-likeness (QED) is 0.795. The van der Waals surface area contributed by atoms with Crippen molar-refractivity contribution in [2.75, 3.05) is 0 Å². The first kappa shape index (κ1) is 9.91. The van der Waals surface area contributed by atoms with Crippen molar-refractivity contribution in [2.45, 2.75) is 6.43 Å². The molecule has 0 radical (unpaired) electrons. The molecule has 1 aromatic heterocycles. The molecule has 0 saturated heterocycles. The molecule has 66 valence electrons.